The summed E-state index contributed by atoms with van der Waals surface area (Å²) in [5.41, 5.74) is 3.57. The molecule has 6 nitrogen and oxygen atoms in total. The van der Waals surface area contributed by atoms with Gasteiger partial charge in [0, 0.05) is 44.7 Å². The number of aliphatic imine (C=N–C) groups is 1. The van der Waals surface area contributed by atoms with E-state index in [0.29, 0.717) is 25.6 Å². The second-order valence-corrected chi connectivity index (χ2v) is 5.74. The number of ether oxygens (including phenoxy) is 2. The van der Waals surface area contributed by atoms with E-state index in [4.69, 9.17) is 9.47 Å². The molecule has 1 N–H and O–H groups in total. The molecule has 1 aliphatic rings. The van der Waals surface area contributed by atoms with Crippen molar-refractivity contribution in [3.63, 3.8) is 0 Å². The van der Waals surface area contributed by atoms with Gasteiger partial charge in [-0.05, 0) is 24.1 Å². The van der Waals surface area contributed by atoms with Crippen LogP contribution in [0.3, 0.4) is 0 Å². The standard InChI is InChI=1S/C19H24N4O2.HI/c1-20-19(23-11-9-15-6-3-4-8-17(15)23)22-14-16-7-5-10-21-18(16)25-13-12-24-2;/h3-8,10H,9,11-14H2,1-2H3,(H,20,22);1H. The number of methoxy groups -OCH3 is 1. The zero-order chi connectivity index (χ0) is 17.5. The van der Waals surface area contributed by atoms with Gasteiger partial charge in [-0.3, -0.25) is 4.99 Å². The van der Waals surface area contributed by atoms with E-state index >= 15 is 0 Å². The number of guanidine groups is 1. The van der Waals surface area contributed by atoms with Crippen LogP contribution in [0.1, 0.15) is 11.1 Å². The van der Waals surface area contributed by atoms with Gasteiger partial charge in [-0.25, -0.2) is 4.98 Å². The summed E-state index contributed by atoms with van der Waals surface area (Å²) in [6.07, 6.45) is 2.77. The minimum Gasteiger partial charge on any atom is -0.475 e. The van der Waals surface area contributed by atoms with Gasteiger partial charge >= 0.3 is 0 Å². The van der Waals surface area contributed by atoms with Crippen LogP contribution in [0.15, 0.2) is 47.6 Å². The molecular weight excluding hydrogens is 443 g/mol. The molecule has 0 saturated heterocycles. The number of hydrogen-bond donors (Lipinski definition) is 1. The van der Waals surface area contributed by atoms with Crippen LogP contribution in [0.4, 0.5) is 5.69 Å². The lowest BCUT2D eigenvalue weighted by Crippen LogP contribution is -2.40. The maximum absolute atomic E-state index is 5.70. The molecular formula is C19H25IN4O2. The maximum Gasteiger partial charge on any atom is 0.218 e. The summed E-state index contributed by atoms with van der Waals surface area (Å²) < 4.78 is 10.7. The monoisotopic (exact) mass is 468 g/mol. The highest BCUT2D eigenvalue weighted by Gasteiger charge is 2.22. The van der Waals surface area contributed by atoms with Crippen LogP contribution in [0.25, 0.3) is 0 Å². The van der Waals surface area contributed by atoms with Crippen LogP contribution in [0.2, 0.25) is 0 Å². The van der Waals surface area contributed by atoms with Gasteiger partial charge in [-0.2, -0.15) is 0 Å². The number of nitrogens with zero attached hydrogens (tertiary/aromatic N) is 3. The second kappa shape index (κ2) is 10.3. The molecule has 0 saturated carbocycles. The van der Waals surface area contributed by atoms with Crippen molar-refractivity contribution in [2.75, 3.05) is 38.8 Å². The van der Waals surface area contributed by atoms with Crippen LogP contribution in [-0.4, -0.2) is 44.9 Å². The lowest BCUT2D eigenvalue weighted by atomic mass is 10.2. The summed E-state index contributed by atoms with van der Waals surface area (Å²) in [5.74, 6) is 1.49. The van der Waals surface area contributed by atoms with Crippen molar-refractivity contribution in [1.82, 2.24) is 10.3 Å². The topological polar surface area (TPSA) is 59.0 Å². The molecule has 0 radical (unpaired) electrons. The molecule has 0 aliphatic carbocycles. The molecule has 2 aromatic rings. The van der Waals surface area contributed by atoms with Crippen LogP contribution < -0.4 is 15.0 Å². The number of fused-ring (bicyclic) bond motifs is 1. The van der Waals surface area contributed by atoms with Gasteiger partial charge in [0.25, 0.3) is 0 Å². The lowest BCUT2D eigenvalue weighted by molar-refractivity contribution is 0.143. The predicted molar refractivity (Wildman–Crippen MR) is 115 cm³/mol. The van der Waals surface area contributed by atoms with E-state index in [0.717, 1.165) is 24.5 Å². The van der Waals surface area contributed by atoms with E-state index in [2.05, 4.69) is 44.5 Å². The van der Waals surface area contributed by atoms with Gasteiger partial charge in [0.15, 0.2) is 5.96 Å². The zero-order valence-corrected chi connectivity index (χ0v) is 17.5. The molecule has 1 aromatic heterocycles. The Morgan fingerprint density at radius 1 is 1.23 bits per heavy atom. The van der Waals surface area contributed by atoms with Crippen molar-refractivity contribution in [3.8, 4) is 5.88 Å². The average Bonchev–Trinajstić information content (AvgIpc) is 3.08. The normalized spacial score (nSPS) is 13.2. The Balaban J connectivity index is 0.00000243. The van der Waals surface area contributed by atoms with Gasteiger partial charge in [0.05, 0.1) is 6.61 Å². The first-order chi connectivity index (χ1) is 12.3. The molecule has 1 aliphatic heterocycles. The van der Waals surface area contributed by atoms with Crippen LogP contribution in [0.5, 0.6) is 5.88 Å². The Morgan fingerprint density at radius 3 is 2.88 bits per heavy atom. The summed E-state index contributed by atoms with van der Waals surface area (Å²) in [6, 6.07) is 12.4. The maximum atomic E-state index is 5.70. The summed E-state index contributed by atoms with van der Waals surface area (Å²) in [7, 11) is 3.46. The average molecular weight is 468 g/mol. The molecule has 0 unspecified atom stereocenters. The molecule has 0 fully saturated rings. The molecule has 0 spiro atoms. The van der Waals surface area contributed by atoms with E-state index in [-0.39, 0.29) is 24.0 Å². The summed E-state index contributed by atoms with van der Waals surface area (Å²) >= 11 is 0. The van der Waals surface area contributed by atoms with Crippen LogP contribution in [-0.2, 0) is 17.7 Å². The number of anilines is 1. The number of pyridine rings is 1. The molecule has 0 amide bonds. The number of nitrogens with one attached hydrogen (secondary N) is 1. The summed E-state index contributed by atoms with van der Waals surface area (Å²) in [5, 5.41) is 3.42. The minimum atomic E-state index is 0. The summed E-state index contributed by atoms with van der Waals surface area (Å²) in [6.45, 7) is 2.55. The van der Waals surface area contributed by atoms with Crippen LogP contribution in [0, 0.1) is 0 Å². The minimum absolute atomic E-state index is 0. The van der Waals surface area contributed by atoms with Crippen molar-refractivity contribution >= 4 is 35.6 Å². The smallest absolute Gasteiger partial charge is 0.218 e. The van der Waals surface area contributed by atoms with Crippen molar-refractivity contribution < 1.29 is 9.47 Å². The summed E-state index contributed by atoms with van der Waals surface area (Å²) in [4.78, 5) is 11.0. The van der Waals surface area contributed by atoms with Gasteiger partial charge in [0.2, 0.25) is 5.88 Å². The van der Waals surface area contributed by atoms with E-state index in [1.807, 2.05) is 19.2 Å². The van der Waals surface area contributed by atoms with Crippen molar-refractivity contribution in [1.29, 1.82) is 0 Å². The second-order valence-electron chi connectivity index (χ2n) is 5.74. The molecule has 2 heterocycles. The number of rotatable bonds is 6. The fourth-order valence-corrected chi connectivity index (χ4v) is 2.94. The van der Waals surface area contributed by atoms with E-state index in [9.17, 15) is 0 Å². The first kappa shape index (κ1) is 20.4. The third kappa shape index (κ3) is 4.85. The highest BCUT2D eigenvalue weighted by molar-refractivity contribution is 14.0. The molecule has 140 valence electrons. The fourth-order valence-electron chi connectivity index (χ4n) is 2.94. The van der Waals surface area contributed by atoms with Crippen molar-refractivity contribution in [2.24, 2.45) is 4.99 Å². The zero-order valence-electron chi connectivity index (χ0n) is 15.1. The molecule has 1 aromatic carbocycles. The number of aromatic nitrogens is 1. The molecule has 7 heteroatoms. The predicted octanol–water partition coefficient (Wildman–Crippen LogP) is 2.86. The van der Waals surface area contributed by atoms with Gasteiger partial charge in [0.1, 0.15) is 6.61 Å². The highest BCUT2D eigenvalue weighted by Crippen LogP contribution is 2.27. The molecule has 0 atom stereocenters. The Kier molecular flexibility index (Phi) is 8.11. The first-order valence-electron chi connectivity index (χ1n) is 8.45. The molecule has 26 heavy (non-hydrogen) atoms. The third-order valence-electron chi connectivity index (χ3n) is 4.17. The molecule has 0 bridgehead atoms. The SMILES string of the molecule is CN=C(NCc1cccnc1OCCOC)N1CCc2ccccc21.I. The Bertz CT molecular complexity index is 739. The Morgan fingerprint density at radius 2 is 2.08 bits per heavy atom. The quantitative estimate of drug-likeness (QED) is 0.306. The van der Waals surface area contributed by atoms with Crippen LogP contribution >= 0.6 is 24.0 Å². The number of para-hydroxylation sites is 1. The van der Waals surface area contributed by atoms with E-state index in [1.165, 1.54) is 11.3 Å². The van der Waals surface area contributed by atoms with Crippen molar-refractivity contribution in [3.05, 3.63) is 53.7 Å². The largest absolute Gasteiger partial charge is 0.475 e. The Hall–Kier alpha value is -1.87. The highest BCUT2D eigenvalue weighted by atomic mass is 127. The number of halogens is 1. The fraction of sp³-hybridized carbons (Fsp3) is 0.368. The number of hydrogen-bond acceptors (Lipinski definition) is 4. The van der Waals surface area contributed by atoms with Crippen molar-refractivity contribution in [2.45, 2.75) is 13.0 Å². The van der Waals surface area contributed by atoms with E-state index in [1.54, 1.807) is 13.3 Å². The van der Waals surface area contributed by atoms with E-state index < -0.39 is 0 Å². The van der Waals surface area contributed by atoms with Gasteiger partial charge < -0.3 is 19.7 Å². The third-order valence-corrected chi connectivity index (χ3v) is 4.17. The van der Waals surface area contributed by atoms with Gasteiger partial charge in [-0.15, -0.1) is 24.0 Å². The molecule has 3 rings (SSSR count). The van der Waals surface area contributed by atoms with Gasteiger partial charge in [-0.1, -0.05) is 24.3 Å². The first-order valence-corrected chi connectivity index (χ1v) is 8.45. The number of benzene rings is 1. The lowest BCUT2D eigenvalue weighted by Gasteiger charge is -2.22. The Labute approximate surface area is 171 Å².